The number of nitrogens with one attached hydrogen (secondary N) is 2. The van der Waals surface area contributed by atoms with Gasteiger partial charge in [0.05, 0.1) is 0 Å². The molecule has 0 saturated carbocycles. The lowest BCUT2D eigenvalue weighted by Crippen LogP contribution is -2.23. The largest absolute Gasteiger partial charge is 0.373 e. The number of halogens is 1. The average Bonchev–Trinajstić information content (AvgIpc) is 2.46. The van der Waals surface area contributed by atoms with Crippen molar-refractivity contribution in [2.75, 3.05) is 12.4 Å². The lowest BCUT2D eigenvalue weighted by molar-refractivity contribution is 0.0946. The molecular weight excluding hydrogens is 262 g/mol. The molecule has 2 N–H and O–H groups in total. The number of pyridine rings is 1. The third-order valence-corrected chi connectivity index (χ3v) is 2.86. The monoisotopic (exact) mass is 275 g/mol. The van der Waals surface area contributed by atoms with Crippen molar-refractivity contribution in [1.29, 1.82) is 0 Å². The quantitative estimate of drug-likeness (QED) is 0.902. The van der Waals surface area contributed by atoms with E-state index in [0.29, 0.717) is 23.1 Å². The Kier molecular flexibility index (Phi) is 4.36. The van der Waals surface area contributed by atoms with Gasteiger partial charge in [0.1, 0.15) is 11.5 Å². The summed E-state index contributed by atoms with van der Waals surface area (Å²) >= 11 is 5.80. The first kappa shape index (κ1) is 13.4. The molecule has 2 rings (SSSR count). The van der Waals surface area contributed by atoms with Gasteiger partial charge in [-0.2, -0.15) is 0 Å². The van der Waals surface area contributed by atoms with Gasteiger partial charge in [-0.3, -0.25) is 4.79 Å². The number of anilines is 1. The molecule has 19 heavy (non-hydrogen) atoms. The van der Waals surface area contributed by atoms with Crippen molar-refractivity contribution in [2.45, 2.75) is 6.54 Å². The van der Waals surface area contributed by atoms with Crippen LogP contribution < -0.4 is 10.6 Å². The molecule has 1 amide bonds. The second-order valence-electron chi connectivity index (χ2n) is 3.97. The summed E-state index contributed by atoms with van der Waals surface area (Å²) in [5.41, 5.74) is 1.38. The van der Waals surface area contributed by atoms with E-state index in [2.05, 4.69) is 15.6 Å². The Bertz CT molecular complexity index is 569. The van der Waals surface area contributed by atoms with Crippen molar-refractivity contribution in [1.82, 2.24) is 10.3 Å². The van der Waals surface area contributed by atoms with Gasteiger partial charge in [-0.05, 0) is 29.8 Å². The SMILES string of the molecule is CNc1cccc(C(=O)NCc2ccc(Cl)cc2)n1. The van der Waals surface area contributed by atoms with E-state index >= 15 is 0 Å². The van der Waals surface area contributed by atoms with Crippen LogP contribution >= 0.6 is 11.6 Å². The van der Waals surface area contributed by atoms with Crippen LogP contribution in [-0.4, -0.2) is 17.9 Å². The van der Waals surface area contributed by atoms with Crippen molar-refractivity contribution in [3.05, 3.63) is 58.7 Å². The first-order chi connectivity index (χ1) is 9.19. The Morgan fingerprint density at radius 3 is 2.63 bits per heavy atom. The van der Waals surface area contributed by atoms with Gasteiger partial charge in [-0.15, -0.1) is 0 Å². The molecule has 0 aliphatic carbocycles. The van der Waals surface area contributed by atoms with Crippen LogP contribution in [0.4, 0.5) is 5.82 Å². The van der Waals surface area contributed by atoms with Crippen LogP contribution in [0.15, 0.2) is 42.5 Å². The van der Waals surface area contributed by atoms with Gasteiger partial charge < -0.3 is 10.6 Å². The number of hydrogen-bond acceptors (Lipinski definition) is 3. The zero-order valence-electron chi connectivity index (χ0n) is 10.5. The van der Waals surface area contributed by atoms with Crippen molar-refractivity contribution < 1.29 is 4.79 Å². The molecule has 0 aliphatic rings. The minimum absolute atomic E-state index is 0.202. The van der Waals surface area contributed by atoms with Gasteiger partial charge in [0.25, 0.3) is 5.91 Å². The highest BCUT2D eigenvalue weighted by Crippen LogP contribution is 2.09. The van der Waals surface area contributed by atoms with Gasteiger partial charge >= 0.3 is 0 Å². The molecular formula is C14H14ClN3O. The number of hydrogen-bond donors (Lipinski definition) is 2. The number of carbonyl (C=O) groups excluding carboxylic acids is 1. The summed E-state index contributed by atoms with van der Waals surface area (Å²) in [6.07, 6.45) is 0. The predicted molar refractivity (Wildman–Crippen MR) is 76.4 cm³/mol. The van der Waals surface area contributed by atoms with Crippen LogP contribution in [-0.2, 0) is 6.54 Å². The van der Waals surface area contributed by atoms with Crippen molar-refractivity contribution in [3.8, 4) is 0 Å². The molecule has 0 saturated heterocycles. The molecule has 0 spiro atoms. The van der Waals surface area contributed by atoms with Crippen LogP contribution in [0.25, 0.3) is 0 Å². The second kappa shape index (κ2) is 6.20. The number of nitrogens with zero attached hydrogens (tertiary/aromatic N) is 1. The topological polar surface area (TPSA) is 54.0 Å². The zero-order valence-corrected chi connectivity index (χ0v) is 11.2. The molecule has 1 aromatic heterocycles. The standard InChI is InChI=1S/C14H14ClN3O/c1-16-13-4-2-3-12(18-13)14(19)17-9-10-5-7-11(15)8-6-10/h2-8H,9H2,1H3,(H,16,18)(H,17,19). The number of rotatable bonds is 4. The van der Waals surface area contributed by atoms with Crippen LogP contribution in [0.1, 0.15) is 16.1 Å². The van der Waals surface area contributed by atoms with Gasteiger partial charge in [0.15, 0.2) is 0 Å². The van der Waals surface area contributed by atoms with E-state index in [9.17, 15) is 4.79 Å². The highest BCUT2D eigenvalue weighted by Gasteiger charge is 2.07. The summed E-state index contributed by atoms with van der Waals surface area (Å²) < 4.78 is 0. The molecule has 0 fully saturated rings. The highest BCUT2D eigenvalue weighted by molar-refractivity contribution is 6.30. The minimum Gasteiger partial charge on any atom is -0.373 e. The number of aromatic nitrogens is 1. The first-order valence-corrected chi connectivity index (χ1v) is 6.24. The van der Waals surface area contributed by atoms with Crippen molar-refractivity contribution >= 4 is 23.3 Å². The van der Waals surface area contributed by atoms with E-state index in [1.807, 2.05) is 12.1 Å². The van der Waals surface area contributed by atoms with E-state index in [4.69, 9.17) is 11.6 Å². The first-order valence-electron chi connectivity index (χ1n) is 5.86. The number of benzene rings is 1. The molecule has 0 radical (unpaired) electrons. The maximum Gasteiger partial charge on any atom is 0.270 e. The molecule has 5 heteroatoms. The Balaban J connectivity index is 1.99. The Morgan fingerprint density at radius 1 is 1.21 bits per heavy atom. The Morgan fingerprint density at radius 2 is 1.95 bits per heavy atom. The smallest absolute Gasteiger partial charge is 0.270 e. The summed E-state index contributed by atoms with van der Waals surface area (Å²) in [5.74, 6) is 0.464. The van der Waals surface area contributed by atoms with Crippen molar-refractivity contribution in [2.24, 2.45) is 0 Å². The summed E-state index contributed by atoms with van der Waals surface area (Å²) in [7, 11) is 1.76. The van der Waals surface area contributed by atoms with Gasteiger partial charge in [0, 0.05) is 18.6 Å². The molecule has 2 aromatic rings. The summed E-state index contributed by atoms with van der Waals surface area (Å²) in [6.45, 7) is 0.446. The molecule has 98 valence electrons. The lowest BCUT2D eigenvalue weighted by atomic mass is 10.2. The Labute approximate surface area is 116 Å². The molecule has 0 aliphatic heterocycles. The van der Waals surface area contributed by atoms with E-state index in [1.165, 1.54) is 0 Å². The second-order valence-corrected chi connectivity index (χ2v) is 4.40. The van der Waals surface area contributed by atoms with Crippen LogP contribution in [0, 0.1) is 0 Å². The van der Waals surface area contributed by atoms with Gasteiger partial charge in [0.2, 0.25) is 0 Å². The lowest BCUT2D eigenvalue weighted by Gasteiger charge is -2.06. The normalized spacial score (nSPS) is 10.0. The van der Waals surface area contributed by atoms with Crippen molar-refractivity contribution in [3.63, 3.8) is 0 Å². The van der Waals surface area contributed by atoms with Gasteiger partial charge in [-0.1, -0.05) is 29.8 Å². The molecule has 1 heterocycles. The summed E-state index contributed by atoms with van der Waals surface area (Å²) in [6, 6.07) is 12.6. The van der Waals surface area contributed by atoms with Gasteiger partial charge in [-0.25, -0.2) is 4.98 Å². The van der Waals surface area contributed by atoms with Crippen LogP contribution in [0.3, 0.4) is 0 Å². The maximum atomic E-state index is 11.9. The number of carbonyl (C=O) groups is 1. The molecule has 1 aromatic carbocycles. The molecule has 4 nitrogen and oxygen atoms in total. The predicted octanol–water partition coefficient (Wildman–Crippen LogP) is 2.71. The summed E-state index contributed by atoms with van der Waals surface area (Å²) in [5, 5.41) is 6.39. The highest BCUT2D eigenvalue weighted by atomic mass is 35.5. The maximum absolute atomic E-state index is 11.9. The van der Waals surface area contributed by atoms with E-state index in [1.54, 1.807) is 37.4 Å². The zero-order chi connectivity index (χ0) is 13.7. The fraction of sp³-hybridized carbons (Fsp3) is 0.143. The van der Waals surface area contributed by atoms with E-state index in [0.717, 1.165) is 5.56 Å². The minimum atomic E-state index is -0.202. The Hall–Kier alpha value is -2.07. The fourth-order valence-electron chi connectivity index (χ4n) is 1.58. The van der Waals surface area contributed by atoms with E-state index in [-0.39, 0.29) is 5.91 Å². The fourth-order valence-corrected chi connectivity index (χ4v) is 1.70. The molecule has 0 unspecified atom stereocenters. The molecule has 0 atom stereocenters. The third-order valence-electron chi connectivity index (χ3n) is 2.60. The number of amides is 1. The molecule has 0 bridgehead atoms. The van der Waals surface area contributed by atoms with Crippen LogP contribution in [0.5, 0.6) is 0 Å². The average molecular weight is 276 g/mol. The third kappa shape index (κ3) is 3.69. The van der Waals surface area contributed by atoms with Crippen LogP contribution in [0.2, 0.25) is 5.02 Å². The summed E-state index contributed by atoms with van der Waals surface area (Å²) in [4.78, 5) is 16.1. The van der Waals surface area contributed by atoms with E-state index < -0.39 is 0 Å².